The molecule has 0 saturated heterocycles. The van der Waals surface area contributed by atoms with Crippen LogP contribution in [-0.4, -0.2) is 26.3 Å². The predicted molar refractivity (Wildman–Crippen MR) is 72.7 cm³/mol. The Labute approximate surface area is 116 Å². The lowest BCUT2D eigenvalue weighted by molar-refractivity contribution is 0.0692. The minimum Gasteiger partial charge on any atom is -0.478 e. The van der Waals surface area contributed by atoms with Crippen LogP contribution in [0.25, 0.3) is 10.9 Å². The standard InChI is InChI=1S/C12H7N3O2S2/c16-11(17)8-5-7-3-1-2-4-9(7)14-10(8)19-12-15-13-6-18-12/h1-6H,(H,16,17). The number of carboxylic acids is 1. The van der Waals surface area contributed by atoms with Crippen molar-refractivity contribution in [1.82, 2.24) is 15.2 Å². The number of aromatic carboxylic acids is 1. The number of carbonyl (C=O) groups is 1. The number of hydrogen-bond donors (Lipinski definition) is 1. The molecule has 0 aliphatic heterocycles. The van der Waals surface area contributed by atoms with Crippen LogP contribution in [-0.2, 0) is 0 Å². The molecule has 0 aliphatic rings. The minimum atomic E-state index is -0.995. The van der Waals surface area contributed by atoms with Crippen LogP contribution in [0.2, 0.25) is 0 Å². The molecule has 3 aromatic rings. The molecule has 0 aliphatic carbocycles. The van der Waals surface area contributed by atoms with E-state index in [2.05, 4.69) is 15.2 Å². The first-order valence-electron chi connectivity index (χ1n) is 5.31. The van der Waals surface area contributed by atoms with Crippen molar-refractivity contribution in [3.63, 3.8) is 0 Å². The number of carboxylic acid groups (broad SMARTS) is 1. The van der Waals surface area contributed by atoms with Crippen LogP contribution < -0.4 is 0 Å². The zero-order valence-electron chi connectivity index (χ0n) is 9.48. The highest BCUT2D eigenvalue weighted by Gasteiger charge is 2.15. The van der Waals surface area contributed by atoms with Gasteiger partial charge in [-0.1, -0.05) is 29.5 Å². The maximum Gasteiger partial charge on any atom is 0.338 e. The molecule has 94 valence electrons. The van der Waals surface area contributed by atoms with E-state index < -0.39 is 5.97 Å². The van der Waals surface area contributed by atoms with Crippen LogP contribution >= 0.6 is 23.1 Å². The summed E-state index contributed by atoms with van der Waals surface area (Å²) in [6, 6.07) is 9.05. The van der Waals surface area contributed by atoms with E-state index in [9.17, 15) is 9.90 Å². The lowest BCUT2D eigenvalue weighted by Gasteiger charge is -2.05. The third kappa shape index (κ3) is 2.42. The van der Waals surface area contributed by atoms with Crippen molar-refractivity contribution < 1.29 is 9.90 Å². The molecule has 7 heteroatoms. The van der Waals surface area contributed by atoms with Gasteiger partial charge in [-0.2, -0.15) is 0 Å². The Bertz CT molecular complexity index is 744. The lowest BCUT2D eigenvalue weighted by atomic mass is 10.1. The van der Waals surface area contributed by atoms with Gasteiger partial charge in [-0.05, 0) is 23.9 Å². The molecule has 0 amide bonds. The van der Waals surface area contributed by atoms with Gasteiger partial charge < -0.3 is 5.11 Å². The molecular formula is C12H7N3O2S2. The second-order valence-electron chi connectivity index (χ2n) is 3.65. The molecule has 0 bridgehead atoms. The zero-order chi connectivity index (χ0) is 13.2. The molecule has 2 heterocycles. The van der Waals surface area contributed by atoms with Crippen LogP contribution in [0.1, 0.15) is 10.4 Å². The molecule has 0 fully saturated rings. The number of nitrogens with zero attached hydrogens (tertiary/aromatic N) is 3. The highest BCUT2D eigenvalue weighted by atomic mass is 32.2. The summed E-state index contributed by atoms with van der Waals surface area (Å²) in [5, 5.41) is 18.1. The second-order valence-corrected chi connectivity index (χ2v) is 5.71. The summed E-state index contributed by atoms with van der Waals surface area (Å²) in [6.45, 7) is 0. The molecule has 0 unspecified atom stereocenters. The number of hydrogen-bond acceptors (Lipinski definition) is 6. The molecule has 3 rings (SSSR count). The van der Waals surface area contributed by atoms with Gasteiger partial charge in [-0.3, -0.25) is 0 Å². The zero-order valence-corrected chi connectivity index (χ0v) is 11.1. The van der Waals surface area contributed by atoms with E-state index >= 15 is 0 Å². The summed E-state index contributed by atoms with van der Waals surface area (Å²) in [6.07, 6.45) is 0. The summed E-state index contributed by atoms with van der Waals surface area (Å²) in [5.41, 5.74) is 2.54. The Kier molecular flexibility index (Phi) is 3.14. The summed E-state index contributed by atoms with van der Waals surface area (Å²) in [7, 11) is 0. The van der Waals surface area contributed by atoms with Crippen molar-refractivity contribution in [1.29, 1.82) is 0 Å². The van der Waals surface area contributed by atoms with Crippen LogP contribution in [0.15, 0.2) is 45.2 Å². The van der Waals surface area contributed by atoms with E-state index in [4.69, 9.17) is 0 Å². The Morgan fingerprint density at radius 2 is 2.16 bits per heavy atom. The molecule has 5 nitrogen and oxygen atoms in total. The van der Waals surface area contributed by atoms with Crippen molar-refractivity contribution in [2.75, 3.05) is 0 Å². The fraction of sp³-hybridized carbons (Fsp3) is 0. The van der Waals surface area contributed by atoms with Gasteiger partial charge in [0.1, 0.15) is 10.5 Å². The molecular weight excluding hydrogens is 282 g/mol. The van der Waals surface area contributed by atoms with Gasteiger partial charge >= 0.3 is 5.97 Å². The third-order valence-electron chi connectivity index (χ3n) is 2.44. The first-order valence-corrected chi connectivity index (χ1v) is 7.01. The van der Waals surface area contributed by atoms with Crippen LogP contribution in [0.5, 0.6) is 0 Å². The maximum absolute atomic E-state index is 11.3. The van der Waals surface area contributed by atoms with E-state index in [1.165, 1.54) is 23.1 Å². The van der Waals surface area contributed by atoms with Gasteiger partial charge in [0.25, 0.3) is 0 Å². The number of aromatic nitrogens is 3. The molecule has 0 saturated carbocycles. The molecule has 2 aromatic heterocycles. The smallest absolute Gasteiger partial charge is 0.338 e. The predicted octanol–water partition coefficient (Wildman–Crippen LogP) is 2.94. The van der Waals surface area contributed by atoms with Crippen molar-refractivity contribution >= 4 is 40.0 Å². The fourth-order valence-corrected chi connectivity index (χ4v) is 3.11. The number of pyridine rings is 1. The Hall–Kier alpha value is -1.99. The number of fused-ring (bicyclic) bond motifs is 1. The largest absolute Gasteiger partial charge is 0.478 e. The number of benzene rings is 1. The normalized spacial score (nSPS) is 10.7. The van der Waals surface area contributed by atoms with E-state index in [1.54, 1.807) is 11.6 Å². The van der Waals surface area contributed by atoms with Crippen molar-refractivity contribution in [3.8, 4) is 0 Å². The molecule has 0 radical (unpaired) electrons. The summed E-state index contributed by atoms with van der Waals surface area (Å²) >= 11 is 2.57. The average molecular weight is 289 g/mol. The van der Waals surface area contributed by atoms with E-state index in [-0.39, 0.29) is 5.56 Å². The first-order chi connectivity index (χ1) is 9.24. The lowest BCUT2D eigenvalue weighted by Crippen LogP contribution is -2.01. The van der Waals surface area contributed by atoms with E-state index in [0.29, 0.717) is 9.37 Å². The Morgan fingerprint density at radius 3 is 2.89 bits per heavy atom. The first kappa shape index (κ1) is 12.1. The molecule has 0 atom stereocenters. The fourth-order valence-electron chi connectivity index (χ4n) is 1.62. The SMILES string of the molecule is O=C(O)c1cc2ccccc2nc1Sc1nncs1. The van der Waals surface area contributed by atoms with Gasteiger partial charge in [-0.25, -0.2) is 9.78 Å². The third-order valence-corrected chi connectivity index (χ3v) is 4.23. The van der Waals surface area contributed by atoms with Crippen molar-refractivity contribution in [3.05, 3.63) is 41.4 Å². The molecule has 1 N–H and O–H groups in total. The Balaban J connectivity index is 2.15. The summed E-state index contributed by atoms with van der Waals surface area (Å²) < 4.78 is 0.672. The highest BCUT2D eigenvalue weighted by Crippen LogP contribution is 2.31. The minimum absolute atomic E-state index is 0.180. The van der Waals surface area contributed by atoms with Crippen LogP contribution in [0.4, 0.5) is 0 Å². The van der Waals surface area contributed by atoms with E-state index in [1.807, 2.05) is 24.3 Å². The maximum atomic E-state index is 11.3. The van der Waals surface area contributed by atoms with Gasteiger partial charge in [0, 0.05) is 5.39 Å². The van der Waals surface area contributed by atoms with Crippen molar-refractivity contribution in [2.24, 2.45) is 0 Å². The van der Waals surface area contributed by atoms with Gasteiger partial charge in [-0.15, -0.1) is 10.2 Å². The number of rotatable bonds is 3. The number of para-hydroxylation sites is 1. The molecule has 19 heavy (non-hydrogen) atoms. The topological polar surface area (TPSA) is 76.0 Å². The van der Waals surface area contributed by atoms with Crippen LogP contribution in [0.3, 0.4) is 0 Å². The second kappa shape index (κ2) is 4.94. The Morgan fingerprint density at radius 1 is 1.32 bits per heavy atom. The van der Waals surface area contributed by atoms with Crippen molar-refractivity contribution in [2.45, 2.75) is 9.37 Å². The van der Waals surface area contributed by atoms with Gasteiger partial charge in [0.15, 0.2) is 4.34 Å². The van der Waals surface area contributed by atoms with Crippen LogP contribution in [0, 0.1) is 0 Å². The molecule has 0 spiro atoms. The highest BCUT2D eigenvalue weighted by molar-refractivity contribution is 8.01. The summed E-state index contributed by atoms with van der Waals surface area (Å²) in [4.78, 5) is 15.7. The monoisotopic (exact) mass is 289 g/mol. The molecule has 1 aromatic carbocycles. The summed E-state index contributed by atoms with van der Waals surface area (Å²) in [5.74, 6) is -0.995. The van der Waals surface area contributed by atoms with Gasteiger partial charge in [0.2, 0.25) is 0 Å². The quantitative estimate of drug-likeness (QED) is 0.799. The average Bonchev–Trinajstić information content (AvgIpc) is 2.90. The van der Waals surface area contributed by atoms with Gasteiger partial charge in [0.05, 0.1) is 11.1 Å². The van der Waals surface area contributed by atoms with E-state index in [0.717, 1.165) is 10.9 Å².